The van der Waals surface area contributed by atoms with Crippen LogP contribution in [0.15, 0.2) is 0 Å². The van der Waals surface area contributed by atoms with Crippen LogP contribution in [0.1, 0.15) is 40.0 Å². The van der Waals surface area contributed by atoms with Gasteiger partial charge in [0.2, 0.25) is 0 Å². The number of ketones is 1. The van der Waals surface area contributed by atoms with Gasteiger partial charge in [0.1, 0.15) is 5.60 Å². The average molecular weight is 238 g/mol. The summed E-state index contributed by atoms with van der Waals surface area (Å²) < 4.78 is 5.23. The van der Waals surface area contributed by atoms with Crippen molar-refractivity contribution in [3.8, 4) is 6.07 Å². The number of nitrogens with zero attached hydrogens (tertiary/aromatic N) is 2. The number of carbonyl (C=O) groups excluding carboxylic acids is 2. The molecule has 0 aromatic heterocycles. The minimum atomic E-state index is -0.567. The highest BCUT2D eigenvalue weighted by atomic mass is 16.6. The molecule has 5 heteroatoms. The minimum Gasteiger partial charge on any atom is -0.444 e. The number of nitriles is 1. The van der Waals surface area contributed by atoms with Crippen molar-refractivity contribution in [1.29, 1.82) is 5.26 Å². The molecule has 5 nitrogen and oxygen atoms in total. The molecule has 0 radical (unpaired) electrons. The molecule has 1 fully saturated rings. The molecule has 0 aliphatic carbocycles. The lowest BCUT2D eigenvalue weighted by atomic mass is 10.1. The van der Waals surface area contributed by atoms with Crippen molar-refractivity contribution in [2.75, 3.05) is 6.54 Å². The third-order valence-corrected chi connectivity index (χ3v) is 2.47. The van der Waals surface area contributed by atoms with Gasteiger partial charge in [0.05, 0.1) is 12.6 Å². The molecule has 1 amide bonds. The zero-order valence-corrected chi connectivity index (χ0v) is 10.5. The van der Waals surface area contributed by atoms with E-state index >= 15 is 0 Å². The predicted octanol–water partition coefficient (Wildman–Crippen LogP) is 1.87. The van der Waals surface area contributed by atoms with Crippen LogP contribution < -0.4 is 0 Å². The minimum absolute atomic E-state index is 0.0267. The van der Waals surface area contributed by atoms with Gasteiger partial charge in [0.15, 0.2) is 5.78 Å². The summed E-state index contributed by atoms with van der Waals surface area (Å²) in [5.41, 5.74) is -0.567. The van der Waals surface area contributed by atoms with Crippen molar-refractivity contribution in [3.63, 3.8) is 0 Å². The Balaban J connectivity index is 2.64. The highest BCUT2D eigenvalue weighted by Crippen LogP contribution is 2.21. The topological polar surface area (TPSA) is 70.4 Å². The smallest absolute Gasteiger partial charge is 0.410 e. The van der Waals surface area contributed by atoms with Crippen molar-refractivity contribution in [2.45, 2.75) is 51.7 Å². The van der Waals surface area contributed by atoms with Gasteiger partial charge >= 0.3 is 6.09 Å². The molecule has 0 bridgehead atoms. The van der Waals surface area contributed by atoms with E-state index in [1.54, 1.807) is 20.8 Å². The normalized spacial score (nSPS) is 20.2. The maximum absolute atomic E-state index is 11.8. The lowest BCUT2D eigenvalue weighted by Crippen LogP contribution is -2.40. The SMILES string of the molecule is CC(C)(C)OC(=O)N1CC(=O)C[C@H]1CCC#N. The molecule has 94 valence electrons. The quantitative estimate of drug-likeness (QED) is 0.736. The molecule has 1 rings (SSSR count). The van der Waals surface area contributed by atoms with E-state index in [9.17, 15) is 9.59 Å². The summed E-state index contributed by atoms with van der Waals surface area (Å²) in [6, 6.07) is 1.84. The van der Waals surface area contributed by atoms with Crippen molar-refractivity contribution in [1.82, 2.24) is 4.90 Å². The van der Waals surface area contributed by atoms with Crippen LogP contribution >= 0.6 is 0 Å². The third-order valence-electron chi connectivity index (χ3n) is 2.47. The Kier molecular flexibility index (Phi) is 4.11. The van der Waals surface area contributed by atoms with Crippen molar-refractivity contribution < 1.29 is 14.3 Å². The molecule has 17 heavy (non-hydrogen) atoms. The number of ether oxygens (including phenoxy) is 1. The van der Waals surface area contributed by atoms with Gasteiger partial charge in [-0.2, -0.15) is 5.26 Å². The van der Waals surface area contributed by atoms with Crippen LogP contribution in [0, 0.1) is 11.3 Å². The second-order valence-corrected chi connectivity index (χ2v) is 5.20. The first-order valence-corrected chi connectivity index (χ1v) is 5.72. The monoisotopic (exact) mass is 238 g/mol. The van der Waals surface area contributed by atoms with Gasteiger partial charge in [-0.3, -0.25) is 9.69 Å². The molecular formula is C12H18N2O3. The zero-order valence-electron chi connectivity index (χ0n) is 10.5. The Morgan fingerprint density at radius 2 is 2.24 bits per heavy atom. The van der Waals surface area contributed by atoms with E-state index in [1.807, 2.05) is 6.07 Å². The summed E-state index contributed by atoms with van der Waals surface area (Å²) in [6.45, 7) is 5.46. The van der Waals surface area contributed by atoms with Gasteiger partial charge in [-0.05, 0) is 27.2 Å². The van der Waals surface area contributed by atoms with Gasteiger partial charge in [-0.1, -0.05) is 0 Å². The van der Waals surface area contributed by atoms with E-state index in [0.717, 1.165) is 0 Å². The van der Waals surface area contributed by atoms with E-state index in [0.29, 0.717) is 19.3 Å². The van der Waals surface area contributed by atoms with Gasteiger partial charge < -0.3 is 4.74 Å². The second kappa shape index (κ2) is 5.17. The van der Waals surface area contributed by atoms with E-state index < -0.39 is 11.7 Å². The van der Waals surface area contributed by atoms with Crippen molar-refractivity contribution in [3.05, 3.63) is 0 Å². The third kappa shape index (κ3) is 4.06. The van der Waals surface area contributed by atoms with Crippen LogP contribution in [0.3, 0.4) is 0 Å². The fourth-order valence-electron chi connectivity index (χ4n) is 1.78. The Bertz CT molecular complexity index is 352. The summed E-state index contributed by atoms with van der Waals surface area (Å²) in [4.78, 5) is 24.6. The molecule has 0 unspecified atom stereocenters. The Morgan fingerprint density at radius 3 is 2.76 bits per heavy atom. The predicted molar refractivity (Wildman–Crippen MR) is 61.2 cm³/mol. The summed E-state index contributed by atoms with van der Waals surface area (Å²) in [6.07, 6.45) is 0.742. The van der Waals surface area contributed by atoms with E-state index in [1.165, 1.54) is 4.90 Å². The van der Waals surface area contributed by atoms with Crippen LogP contribution in [-0.2, 0) is 9.53 Å². The lowest BCUT2D eigenvalue weighted by molar-refractivity contribution is -0.117. The first kappa shape index (κ1) is 13.5. The highest BCUT2D eigenvalue weighted by molar-refractivity contribution is 5.88. The molecule has 0 spiro atoms. The molecule has 1 aliphatic heterocycles. The Hall–Kier alpha value is -1.57. The number of likely N-dealkylation sites (tertiary alicyclic amines) is 1. The van der Waals surface area contributed by atoms with E-state index in [2.05, 4.69) is 0 Å². The zero-order chi connectivity index (χ0) is 13.1. The number of hydrogen-bond acceptors (Lipinski definition) is 4. The first-order valence-electron chi connectivity index (χ1n) is 5.72. The summed E-state index contributed by atoms with van der Waals surface area (Å²) in [5.74, 6) is 0.0267. The number of rotatable bonds is 2. The molecule has 0 N–H and O–H groups in total. The lowest BCUT2D eigenvalue weighted by Gasteiger charge is -2.27. The van der Waals surface area contributed by atoms with Gasteiger partial charge in [-0.15, -0.1) is 0 Å². The number of Topliss-reactive ketones (excluding diaryl/α,β-unsaturated/α-hetero) is 1. The van der Waals surface area contributed by atoms with Gasteiger partial charge in [0, 0.05) is 18.9 Å². The first-order chi connectivity index (χ1) is 7.83. The average Bonchev–Trinajstić information content (AvgIpc) is 2.54. The molecule has 1 saturated heterocycles. The van der Waals surface area contributed by atoms with Crippen molar-refractivity contribution >= 4 is 11.9 Å². The van der Waals surface area contributed by atoms with Crippen LogP contribution in [0.4, 0.5) is 4.79 Å². The molecule has 1 heterocycles. The molecular weight excluding hydrogens is 220 g/mol. The maximum Gasteiger partial charge on any atom is 0.410 e. The van der Waals surface area contributed by atoms with E-state index in [-0.39, 0.29) is 18.4 Å². The fraction of sp³-hybridized carbons (Fsp3) is 0.750. The maximum atomic E-state index is 11.8. The van der Waals surface area contributed by atoms with Crippen LogP contribution in [0.2, 0.25) is 0 Å². The fourth-order valence-corrected chi connectivity index (χ4v) is 1.78. The molecule has 0 aromatic rings. The largest absolute Gasteiger partial charge is 0.444 e. The van der Waals surface area contributed by atoms with E-state index in [4.69, 9.17) is 10.00 Å². The van der Waals surface area contributed by atoms with Gasteiger partial charge in [-0.25, -0.2) is 4.79 Å². The molecule has 0 aromatic carbocycles. The standard InChI is InChI=1S/C12H18N2O3/c1-12(2,3)17-11(16)14-8-10(15)7-9(14)5-4-6-13/h9H,4-5,7-8H2,1-3H3/t9-/m1/s1. The summed E-state index contributed by atoms with van der Waals surface area (Å²) in [7, 11) is 0. The summed E-state index contributed by atoms with van der Waals surface area (Å²) in [5, 5.41) is 8.53. The number of amides is 1. The number of hydrogen-bond donors (Lipinski definition) is 0. The molecule has 1 atom stereocenters. The van der Waals surface area contributed by atoms with Crippen LogP contribution in [0.5, 0.6) is 0 Å². The molecule has 1 aliphatic rings. The Morgan fingerprint density at radius 1 is 1.59 bits per heavy atom. The summed E-state index contributed by atoms with van der Waals surface area (Å²) >= 11 is 0. The van der Waals surface area contributed by atoms with Crippen molar-refractivity contribution in [2.24, 2.45) is 0 Å². The molecule has 0 saturated carbocycles. The Labute approximate surface area is 101 Å². The van der Waals surface area contributed by atoms with Crippen LogP contribution in [-0.4, -0.2) is 35.0 Å². The van der Waals surface area contributed by atoms with Gasteiger partial charge in [0.25, 0.3) is 0 Å². The number of carbonyl (C=O) groups is 2. The van der Waals surface area contributed by atoms with Crippen LogP contribution in [0.25, 0.3) is 0 Å². The second-order valence-electron chi connectivity index (χ2n) is 5.20. The highest BCUT2D eigenvalue weighted by Gasteiger charge is 2.36.